The molecule has 0 saturated carbocycles. The van der Waals surface area contributed by atoms with E-state index in [0.29, 0.717) is 5.89 Å². The van der Waals surface area contributed by atoms with Gasteiger partial charge in [0, 0.05) is 16.6 Å². The van der Waals surface area contributed by atoms with Gasteiger partial charge in [0.05, 0.1) is 6.20 Å². The molecule has 3 aromatic rings. The summed E-state index contributed by atoms with van der Waals surface area (Å²) in [6, 6.07) is 7.69. The van der Waals surface area contributed by atoms with E-state index in [0.717, 1.165) is 22.3 Å². The summed E-state index contributed by atoms with van der Waals surface area (Å²) < 4.78 is 5.21. The number of nitrogens with two attached hydrogens (primary N) is 1. The van der Waals surface area contributed by atoms with Crippen molar-refractivity contribution in [3.63, 3.8) is 0 Å². The molecule has 2 aromatic heterocycles. The van der Waals surface area contributed by atoms with E-state index in [-0.39, 0.29) is 0 Å². The summed E-state index contributed by atoms with van der Waals surface area (Å²) in [7, 11) is 0. The Kier molecular flexibility index (Phi) is 1.56. The van der Waals surface area contributed by atoms with Crippen molar-refractivity contribution in [2.45, 2.75) is 0 Å². The van der Waals surface area contributed by atoms with Crippen LogP contribution in [0.2, 0.25) is 0 Å². The van der Waals surface area contributed by atoms with E-state index in [1.807, 2.05) is 24.3 Å². The third-order valence-electron chi connectivity index (χ3n) is 2.31. The van der Waals surface area contributed by atoms with Crippen LogP contribution in [-0.4, -0.2) is 9.97 Å². The molecule has 2 heterocycles. The molecule has 0 fully saturated rings. The van der Waals surface area contributed by atoms with Crippen LogP contribution in [-0.2, 0) is 0 Å². The molecule has 1 aromatic carbocycles. The number of fused-ring (bicyclic) bond motifs is 1. The third-order valence-corrected chi connectivity index (χ3v) is 2.31. The molecule has 4 nitrogen and oxygen atoms in total. The highest BCUT2D eigenvalue weighted by Gasteiger charge is 2.06. The summed E-state index contributed by atoms with van der Waals surface area (Å²) in [4.78, 5) is 7.29. The Morgan fingerprint density at radius 1 is 1.27 bits per heavy atom. The van der Waals surface area contributed by atoms with Crippen molar-refractivity contribution in [3.05, 3.63) is 36.7 Å². The molecule has 0 aliphatic heterocycles. The molecule has 15 heavy (non-hydrogen) atoms. The van der Waals surface area contributed by atoms with Crippen molar-refractivity contribution in [3.8, 4) is 11.6 Å². The average Bonchev–Trinajstić information content (AvgIpc) is 2.84. The van der Waals surface area contributed by atoms with Crippen molar-refractivity contribution in [2.24, 2.45) is 0 Å². The van der Waals surface area contributed by atoms with Gasteiger partial charge in [-0.1, -0.05) is 0 Å². The molecule has 0 radical (unpaired) electrons. The van der Waals surface area contributed by atoms with Gasteiger partial charge in [-0.3, -0.25) is 0 Å². The molecule has 0 atom stereocenters. The van der Waals surface area contributed by atoms with Gasteiger partial charge in [-0.05, 0) is 24.3 Å². The molecule has 0 aliphatic carbocycles. The minimum atomic E-state index is 0.588. The third kappa shape index (κ3) is 1.27. The summed E-state index contributed by atoms with van der Waals surface area (Å²) in [5.74, 6) is 0.588. The number of aromatic nitrogens is 2. The van der Waals surface area contributed by atoms with Gasteiger partial charge < -0.3 is 15.1 Å². The van der Waals surface area contributed by atoms with E-state index in [1.54, 1.807) is 12.5 Å². The quantitative estimate of drug-likeness (QED) is 0.591. The van der Waals surface area contributed by atoms with Gasteiger partial charge in [-0.25, -0.2) is 4.98 Å². The molecule has 0 unspecified atom stereocenters. The molecule has 4 heteroatoms. The highest BCUT2D eigenvalue weighted by Crippen LogP contribution is 2.24. The Morgan fingerprint density at radius 3 is 3.00 bits per heavy atom. The minimum absolute atomic E-state index is 0.588. The lowest BCUT2D eigenvalue weighted by Gasteiger charge is -1.90. The maximum atomic E-state index is 5.70. The zero-order valence-electron chi connectivity index (χ0n) is 7.90. The van der Waals surface area contributed by atoms with E-state index in [4.69, 9.17) is 10.2 Å². The summed E-state index contributed by atoms with van der Waals surface area (Å²) in [6.45, 7) is 0. The molecule has 0 spiro atoms. The molecule has 0 aliphatic rings. The SMILES string of the molecule is Nc1ccc2[nH]c(-c3ncco3)cc2c1. The first-order valence-corrected chi connectivity index (χ1v) is 4.61. The van der Waals surface area contributed by atoms with Crippen LogP contribution in [0.1, 0.15) is 0 Å². The van der Waals surface area contributed by atoms with Crippen molar-refractivity contribution >= 4 is 16.6 Å². The van der Waals surface area contributed by atoms with Crippen molar-refractivity contribution in [1.82, 2.24) is 9.97 Å². The molecule has 0 amide bonds. The van der Waals surface area contributed by atoms with E-state index < -0.39 is 0 Å². The van der Waals surface area contributed by atoms with Gasteiger partial charge in [0.1, 0.15) is 12.0 Å². The Balaban J connectivity index is 2.22. The van der Waals surface area contributed by atoms with Crippen LogP contribution >= 0.6 is 0 Å². The molecule has 3 N–H and O–H groups in total. The van der Waals surface area contributed by atoms with Gasteiger partial charge in [0.15, 0.2) is 0 Å². The van der Waals surface area contributed by atoms with Crippen LogP contribution in [0.5, 0.6) is 0 Å². The second-order valence-corrected chi connectivity index (χ2v) is 3.37. The number of benzene rings is 1. The summed E-state index contributed by atoms with van der Waals surface area (Å²) in [6.07, 6.45) is 3.17. The Bertz CT molecular complexity index is 595. The van der Waals surface area contributed by atoms with Crippen LogP contribution in [0.15, 0.2) is 41.1 Å². The number of nitrogens with zero attached hydrogens (tertiary/aromatic N) is 1. The number of nitrogens with one attached hydrogen (secondary N) is 1. The largest absolute Gasteiger partial charge is 0.443 e. The molecular weight excluding hydrogens is 190 g/mol. The molecular formula is C11H9N3O. The predicted molar refractivity (Wildman–Crippen MR) is 58.2 cm³/mol. The molecule has 74 valence electrons. The second-order valence-electron chi connectivity index (χ2n) is 3.37. The van der Waals surface area contributed by atoms with Gasteiger partial charge in [-0.15, -0.1) is 0 Å². The van der Waals surface area contributed by atoms with Crippen molar-refractivity contribution < 1.29 is 4.42 Å². The average molecular weight is 199 g/mol. The van der Waals surface area contributed by atoms with E-state index in [2.05, 4.69) is 9.97 Å². The van der Waals surface area contributed by atoms with Crippen LogP contribution in [0, 0.1) is 0 Å². The summed E-state index contributed by atoms with van der Waals surface area (Å²) in [5, 5.41) is 1.06. The zero-order chi connectivity index (χ0) is 10.3. The van der Waals surface area contributed by atoms with Gasteiger partial charge >= 0.3 is 0 Å². The fourth-order valence-corrected chi connectivity index (χ4v) is 1.62. The smallest absolute Gasteiger partial charge is 0.242 e. The van der Waals surface area contributed by atoms with E-state index in [1.165, 1.54) is 0 Å². The maximum Gasteiger partial charge on any atom is 0.242 e. The fourth-order valence-electron chi connectivity index (χ4n) is 1.62. The highest BCUT2D eigenvalue weighted by atomic mass is 16.3. The van der Waals surface area contributed by atoms with Gasteiger partial charge in [0.25, 0.3) is 0 Å². The number of oxazole rings is 1. The number of nitrogen functional groups attached to an aromatic ring is 1. The predicted octanol–water partition coefficient (Wildman–Crippen LogP) is 2.41. The number of anilines is 1. The van der Waals surface area contributed by atoms with E-state index >= 15 is 0 Å². The summed E-state index contributed by atoms with van der Waals surface area (Å²) in [5.41, 5.74) is 8.34. The highest BCUT2D eigenvalue weighted by molar-refractivity contribution is 5.86. The van der Waals surface area contributed by atoms with Crippen molar-refractivity contribution in [2.75, 3.05) is 5.73 Å². The van der Waals surface area contributed by atoms with Crippen molar-refractivity contribution in [1.29, 1.82) is 0 Å². The van der Waals surface area contributed by atoms with Gasteiger partial charge in [0.2, 0.25) is 5.89 Å². The first kappa shape index (κ1) is 8.11. The second kappa shape index (κ2) is 2.88. The normalized spacial score (nSPS) is 10.9. The Morgan fingerprint density at radius 2 is 2.20 bits per heavy atom. The lowest BCUT2D eigenvalue weighted by atomic mass is 10.2. The summed E-state index contributed by atoms with van der Waals surface area (Å²) >= 11 is 0. The fraction of sp³-hybridized carbons (Fsp3) is 0. The lowest BCUT2D eigenvalue weighted by Crippen LogP contribution is -1.81. The number of rotatable bonds is 1. The standard InChI is InChI=1S/C11H9N3O/c12-8-1-2-9-7(5-8)6-10(14-9)11-13-3-4-15-11/h1-6,14H,12H2. The lowest BCUT2D eigenvalue weighted by molar-refractivity contribution is 0.572. The van der Waals surface area contributed by atoms with Crippen LogP contribution in [0.3, 0.4) is 0 Å². The van der Waals surface area contributed by atoms with Gasteiger partial charge in [-0.2, -0.15) is 0 Å². The monoisotopic (exact) mass is 199 g/mol. The van der Waals surface area contributed by atoms with Crippen LogP contribution in [0.4, 0.5) is 5.69 Å². The molecule has 0 bridgehead atoms. The zero-order valence-corrected chi connectivity index (χ0v) is 7.90. The number of hydrogen-bond donors (Lipinski definition) is 2. The number of aromatic amines is 1. The number of H-pyrrole nitrogens is 1. The van der Waals surface area contributed by atoms with Crippen LogP contribution in [0.25, 0.3) is 22.5 Å². The molecule has 0 saturated heterocycles. The number of hydrogen-bond acceptors (Lipinski definition) is 3. The van der Waals surface area contributed by atoms with E-state index in [9.17, 15) is 0 Å². The Hall–Kier alpha value is -2.23. The minimum Gasteiger partial charge on any atom is -0.443 e. The first-order chi connectivity index (χ1) is 7.33. The van der Waals surface area contributed by atoms with Crippen LogP contribution < -0.4 is 5.73 Å². The molecule has 3 rings (SSSR count). The Labute approximate surface area is 85.7 Å². The first-order valence-electron chi connectivity index (χ1n) is 4.61. The topological polar surface area (TPSA) is 67.8 Å². The maximum absolute atomic E-state index is 5.70.